The predicted octanol–water partition coefficient (Wildman–Crippen LogP) is 3.78. The highest BCUT2D eigenvalue weighted by Gasteiger charge is 2.16. The van der Waals surface area contributed by atoms with Gasteiger partial charge in [-0.25, -0.2) is 4.79 Å². The Bertz CT molecular complexity index is 829. The molecular weight excluding hydrogens is 354 g/mol. The van der Waals surface area contributed by atoms with Crippen molar-refractivity contribution in [2.75, 3.05) is 20.3 Å². The van der Waals surface area contributed by atoms with Gasteiger partial charge in [0.2, 0.25) is 0 Å². The Morgan fingerprint density at radius 2 is 1.71 bits per heavy atom. The minimum atomic E-state index is -0.448. The van der Waals surface area contributed by atoms with Gasteiger partial charge >= 0.3 is 5.97 Å². The third-order valence-corrected chi connectivity index (χ3v) is 4.99. The van der Waals surface area contributed by atoms with E-state index < -0.39 is 5.97 Å². The fourth-order valence-electron chi connectivity index (χ4n) is 3.40. The topological polar surface area (TPSA) is 55.8 Å². The molecule has 0 heterocycles. The summed E-state index contributed by atoms with van der Waals surface area (Å²) in [4.78, 5) is 26.2. The number of hydrogen-bond acceptors (Lipinski definition) is 4. The normalized spacial score (nSPS) is 12.8. The molecule has 0 bridgehead atoms. The first kappa shape index (κ1) is 19.9. The van der Waals surface area contributed by atoms with E-state index in [1.165, 1.54) is 17.5 Å². The molecule has 0 radical (unpaired) electrons. The lowest BCUT2D eigenvalue weighted by Gasteiger charge is -2.18. The van der Waals surface area contributed by atoms with Gasteiger partial charge in [0.15, 0.2) is 6.61 Å². The summed E-state index contributed by atoms with van der Waals surface area (Å²) in [5.74, 6) is 0.121. The zero-order valence-corrected chi connectivity index (χ0v) is 16.6. The van der Waals surface area contributed by atoms with E-state index in [2.05, 4.69) is 0 Å². The second kappa shape index (κ2) is 9.40. The van der Waals surface area contributed by atoms with Crippen LogP contribution in [0.5, 0.6) is 5.75 Å². The van der Waals surface area contributed by atoms with Crippen molar-refractivity contribution in [3.8, 4) is 5.75 Å². The van der Waals surface area contributed by atoms with Crippen LogP contribution < -0.4 is 4.74 Å². The zero-order chi connectivity index (χ0) is 19.9. The Hall–Kier alpha value is -2.82. The van der Waals surface area contributed by atoms with Crippen LogP contribution in [0.25, 0.3) is 0 Å². The average Bonchev–Trinajstić information content (AvgIpc) is 2.73. The number of esters is 1. The van der Waals surface area contributed by atoms with Crippen molar-refractivity contribution >= 4 is 11.9 Å². The maximum absolute atomic E-state index is 12.3. The number of benzene rings is 2. The minimum absolute atomic E-state index is 0.236. The molecule has 2 aromatic carbocycles. The molecule has 2 aromatic rings. The van der Waals surface area contributed by atoms with Crippen LogP contribution in [0.4, 0.5) is 0 Å². The van der Waals surface area contributed by atoms with Gasteiger partial charge in [-0.05, 0) is 73.6 Å². The van der Waals surface area contributed by atoms with Gasteiger partial charge in [-0.2, -0.15) is 0 Å². The molecule has 0 saturated heterocycles. The van der Waals surface area contributed by atoms with Crippen molar-refractivity contribution in [1.82, 2.24) is 4.90 Å². The Morgan fingerprint density at radius 1 is 1.00 bits per heavy atom. The van der Waals surface area contributed by atoms with Crippen LogP contribution in [-0.2, 0) is 28.9 Å². The highest BCUT2D eigenvalue weighted by Crippen LogP contribution is 2.22. The number of hydrogen-bond donors (Lipinski definition) is 0. The van der Waals surface area contributed by atoms with Gasteiger partial charge in [0.25, 0.3) is 5.91 Å². The predicted molar refractivity (Wildman–Crippen MR) is 107 cm³/mol. The number of aryl methyl sites for hydroxylation is 2. The van der Waals surface area contributed by atoms with Gasteiger partial charge in [0, 0.05) is 13.6 Å². The first-order valence-electron chi connectivity index (χ1n) is 9.81. The van der Waals surface area contributed by atoms with E-state index in [0.29, 0.717) is 18.7 Å². The van der Waals surface area contributed by atoms with Gasteiger partial charge in [0.1, 0.15) is 5.75 Å². The van der Waals surface area contributed by atoms with E-state index in [9.17, 15) is 9.59 Å². The van der Waals surface area contributed by atoms with E-state index in [-0.39, 0.29) is 12.5 Å². The summed E-state index contributed by atoms with van der Waals surface area (Å²) in [5, 5.41) is 0. The lowest BCUT2D eigenvalue weighted by atomic mass is 9.90. The van der Waals surface area contributed by atoms with Gasteiger partial charge < -0.3 is 14.4 Å². The van der Waals surface area contributed by atoms with Crippen molar-refractivity contribution in [2.45, 2.75) is 39.2 Å². The fraction of sp³-hybridized carbons (Fsp3) is 0.391. The van der Waals surface area contributed by atoms with Crippen LogP contribution >= 0.6 is 0 Å². The van der Waals surface area contributed by atoms with Crippen LogP contribution in [0.3, 0.4) is 0 Å². The molecule has 0 atom stereocenters. The third-order valence-electron chi connectivity index (χ3n) is 4.99. The Balaban J connectivity index is 1.50. The summed E-state index contributed by atoms with van der Waals surface area (Å²) in [6.07, 6.45) is 4.42. The molecular formula is C23H27NO4. The average molecular weight is 381 g/mol. The number of carbonyl (C=O) groups excluding carboxylic acids is 2. The highest BCUT2D eigenvalue weighted by molar-refractivity contribution is 5.91. The molecule has 28 heavy (non-hydrogen) atoms. The molecule has 0 unspecified atom stereocenters. The van der Waals surface area contributed by atoms with Crippen molar-refractivity contribution in [2.24, 2.45) is 0 Å². The van der Waals surface area contributed by atoms with Crippen LogP contribution in [0, 0.1) is 0 Å². The maximum atomic E-state index is 12.3. The monoisotopic (exact) mass is 381 g/mol. The van der Waals surface area contributed by atoms with Crippen molar-refractivity contribution in [3.05, 3.63) is 64.7 Å². The van der Waals surface area contributed by atoms with E-state index >= 15 is 0 Å². The molecule has 0 saturated carbocycles. The molecule has 0 aromatic heterocycles. The van der Waals surface area contributed by atoms with Gasteiger partial charge in [-0.1, -0.05) is 18.2 Å². The lowest BCUT2D eigenvalue weighted by Crippen LogP contribution is -2.30. The number of amides is 1. The highest BCUT2D eigenvalue weighted by atomic mass is 16.5. The smallest absolute Gasteiger partial charge is 0.338 e. The molecule has 3 rings (SSSR count). The molecule has 1 amide bonds. The Kier molecular flexibility index (Phi) is 6.69. The number of likely N-dealkylation sites (N-methyl/N-ethyl adjacent to an activating group) is 1. The molecule has 148 valence electrons. The minimum Gasteiger partial charge on any atom is -0.494 e. The maximum Gasteiger partial charge on any atom is 0.338 e. The number of rotatable bonds is 7. The molecule has 1 aliphatic rings. The zero-order valence-electron chi connectivity index (χ0n) is 16.6. The van der Waals surface area contributed by atoms with Crippen LogP contribution in [-0.4, -0.2) is 37.0 Å². The summed E-state index contributed by atoms with van der Waals surface area (Å²) in [7, 11) is 1.70. The SMILES string of the molecule is CCOc1ccc(CN(C)C(=O)COC(=O)c2ccc3c(c2)CCCC3)cc1. The van der Waals surface area contributed by atoms with Crippen LogP contribution in [0.1, 0.15) is 46.8 Å². The first-order valence-corrected chi connectivity index (χ1v) is 9.81. The fourth-order valence-corrected chi connectivity index (χ4v) is 3.40. The molecule has 0 spiro atoms. The van der Waals surface area contributed by atoms with Gasteiger partial charge in [-0.3, -0.25) is 4.79 Å². The lowest BCUT2D eigenvalue weighted by molar-refractivity contribution is -0.133. The summed E-state index contributed by atoms with van der Waals surface area (Å²) in [6.45, 7) is 2.74. The van der Waals surface area contributed by atoms with Crippen LogP contribution in [0.2, 0.25) is 0 Å². The first-order chi connectivity index (χ1) is 13.6. The quantitative estimate of drug-likeness (QED) is 0.685. The summed E-state index contributed by atoms with van der Waals surface area (Å²) >= 11 is 0. The summed E-state index contributed by atoms with van der Waals surface area (Å²) in [5.41, 5.74) is 4.04. The number of carbonyl (C=O) groups is 2. The molecule has 5 heteroatoms. The summed E-state index contributed by atoms with van der Waals surface area (Å²) in [6, 6.07) is 13.3. The standard InChI is InChI=1S/C23H27NO4/c1-3-27-21-12-8-17(9-13-21)15-24(2)22(25)16-28-23(26)20-11-10-18-6-4-5-7-19(18)14-20/h8-14H,3-7,15-16H2,1-2H3. The van der Waals surface area contributed by atoms with Crippen molar-refractivity contribution < 1.29 is 19.1 Å². The molecule has 0 N–H and O–H groups in total. The molecule has 0 aliphatic heterocycles. The number of nitrogens with zero attached hydrogens (tertiary/aromatic N) is 1. The number of ether oxygens (including phenoxy) is 2. The molecule has 0 fully saturated rings. The van der Waals surface area contributed by atoms with Crippen molar-refractivity contribution in [1.29, 1.82) is 0 Å². The summed E-state index contributed by atoms with van der Waals surface area (Å²) < 4.78 is 10.7. The number of fused-ring (bicyclic) bond motifs is 1. The second-order valence-electron chi connectivity index (χ2n) is 7.09. The molecule has 1 aliphatic carbocycles. The van der Waals surface area contributed by atoms with E-state index in [1.807, 2.05) is 43.3 Å². The van der Waals surface area contributed by atoms with E-state index in [0.717, 1.165) is 30.6 Å². The third kappa shape index (κ3) is 5.12. The molecule has 5 nitrogen and oxygen atoms in total. The van der Waals surface area contributed by atoms with Gasteiger partial charge in [0.05, 0.1) is 12.2 Å². The van der Waals surface area contributed by atoms with Crippen LogP contribution in [0.15, 0.2) is 42.5 Å². The Labute approximate surface area is 166 Å². The van der Waals surface area contributed by atoms with Crippen molar-refractivity contribution in [3.63, 3.8) is 0 Å². The van der Waals surface area contributed by atoms with E-state index in [1.54, 1.807) is 18.0 Å². The van der Waals surface area contributed by atoms with E-state index in [4.69, 9.17) is 9.47 Å². The largest absolute Gasteiger partial charge is 0.494 e. The van der Waals surface area contributed by atoms with Gasteiger partial charge in [-0.15, -0.1) is 0 Å². The Morgan fingerprint density at radius 3 is 2.43 bits per heavy atom. The second-order valence-corrected chi connectivity index (χ2v) is 7.09.